The maximum atomic E-state index is 13.6. The molecule has 1 aliphatic rings. The normalized spacial score (nSPS) is 14.6. The molecule has 1 saturated heterocycles. The van der Waals surface area contributed by atoms with Crippen LogP contribution in [0.4, 0.5) is 10.1 Å². The van der Waals surface area contributed by atoms with E-state index in [9.17, 15) is 27.5 Å². The number of carboxylic acid groups (broad SMARTS) is 1. The molecule has 1 amide bonds. The number of benzene rings is 3. The maximum Gasteiger partial charge on any atom is 0.326 e. The monoisotopic (exact) mass is 553 g/mol. The molecule has 0 unspecified atom stereocenters. The number of hydrogen-bond acceptors (Lipinski definition) is 5. The molecule has 1 aliphatic heterocycles. The molecule has 8 nitrogen and oxygen atoms in total. The van der Waals surface area contributed by atoms with E-state index < -0.39 is 33.8 Å². The van der Waals surface area contributed by atoms with Crippen molar-refractivity contribution < 1.29 is 27.5 Å². The molecule has 1 atom stereocenters. The molecular formula is C29H32FN3O5S. The third kappa shape index (κ3) is 6.82. The van der Waals surface area contributed by atoms with Crippen LogP contribution in [0.3, 0.4) is 0 Å². The minimum atomic E-state index is -4.00. The lowest BCUT2D eigenvalue weighted by Crippen LogP contribution is -2.43. The zero-order chi connectivity index (χ0) is 28.0. The minimum absolute atomic E-state index is 0.0320. The van der Waals surface area contributed by atoms with E-state index in [4.69, 9.17) is 0 Å². The van der Waals surface area contributed by atoms with Gasteiger partial charge in [0, 0.05) is 32.1 Å². The molecule has 3 aromatic rings. The van der Waals surface area contributed by atoms with Gasteiger partial charge in [-0.25, -0.2) is 17.6 Å². The van der Waals surface area contributed by atoms with E-state index in [1.807, 2.05) is 18.2 Å². The lowest BCUT2D eigenvalue weighted by atomic mass is 10.0. The van der Waals surface area contributed by atoms with Gasteiger partial charge in [-0.05, 0) is 80.0 Å². The Balaban J connectivity index is 1.57. The van der Waals surface area contributed by atoms with E-state index in [0.717, 1.165) is 43.6 Å². The molecule has 0 aromatic heterocycles. The lowest BCUT2D eigenvalue weighted by Gasteiger charge is -2.28. The number of likely N-dealkylation sites (tertiary alicyclic amines) is 1. The Morgan fingerprint density at radius 2 is 1.56 bits per heavy atom. The number of hydrogen-bond donors (Lipinski definition) is 1. The SMILES string of the molecule is CN(C(=O)c1ccc(N(CCN2CCCC2)S(=O)(=O)c2ccc(F)cc2)cc1)[C@H](Cc1ccccc1)C(=O)O. The van der Waals surface area contributed by atoms with Crippen molar-refractivity contribution in [2.24, 2.45) is 0 Å². The van der Waals surface area contributed by atoms with Crippen LogP contribution in [0, 0.1) is 5.82 Å². The first-order valence-electron chi connectivity index (χ1n) is 12.8. The molecule has 0 bridgehead atoms. The molecule has 1 heterocycles. The highest BCUT2D eigenvalue weighted by Gasteiger charge is 2.29. The topological polar surface area (TPSA) is 98.2 Å². The van der Waals surface area contributed by atoms with Crippen LogP contribution in [0.15, 0.2) is 83.8 Å². The van der Waals surface area contributed by atoms with Crippen molar-refractivity contribution in [1.29, 1.82) is 0 Å². The summed E-state index contributed by atoms with van der Waals surface area (Å²) in [7, 11) is -2.56. The fourth-order valence-electron chi connectivity index (χ4n) is 4.70. The summed E-state index contributed by atoms with van der Waals surface area (Å²) in [5, 5.41) is 9.79. The number of likely N-dealkylation sites (N-methyl/N-ethyl adjacent to an activating group) is 1. The van der Waals surface area contributed by atoms with Crippen LogP contribution in [0.25, 0.3) is 0 Å². The smallest absolute Gasteiger partial charge is 0.326 e. The maximum absolute atomic E-state index is 13.6. The van der Waals surface area contributed by atoms with Crippen LogP contribution < -0.4 is 4.31 Å². The standard InChI is InChI=1S/C29H32FN3O5S/c1-31(27(29(35)36)21-22-7-3-2-4-8-22)28(34)23-9-13-25(14-10-23)33(20-19-32-17-5-6-18-32)39(37,38)26-15-11-24(30)12-16-26/h2-4,7-16,27H,5-6,17-21H2,1H3,(H,35,36)/t27-/m1/s1. The molecule has 10 heteroatoms. The van der Waals surface area contributed by atoms with Crippen LogP contribution in [0.5, 0.6) is 0 Å². The summed E-state index contributed by atoms with van der Waals surface area (Å²) < 4.78 is 41.9. The number of halogens is 1. The van der Waals surface area contributed by atoms with Gasteiger partial charge in [-0.15, -0.1) is 0 Å². The average Bonchev–Trinajstić information content (AvgIpc) is 3.46. The zero-order valence-electron chi connectivity index (χ0n) is 21.7. The third-order valence-electron chi connectivity index (χ3n) is 6.97. The number of carbonyl (C=O) groups excluding carboxylic acids is 1. The first-order valence-corrected chi connectivity index (χ1v) is 14.3. The van der Waals surface area contributed by atoms with Gasteiger partial charge in [0.1, 0.15) is 11.9 Å². The van der Waals surface area contributed by atoms with Gasteiger partial charge >= 0.3 is 5.97 Å². The quantitative estimate of drug-likeness (QED) is 0.387. The van der Waals surface area contributed by atoms with Gasteiger partial charge in [0.2, 0.25) is 0 Å². The predicted octanol–water partition coefficient (Wildman–Crippen LogP) is 3.88. The van der Waals surface area contributed by atoms with E-state index in [2.05, 4.69) is 4.90 Å². The predicted molar refractivity (Wildman–Crippen MR) is 147 cm³/mol. The summed E-state index contributed by atoms with van der Waals surface area (Å²) in [4.78, 5) is 28.5. The molecule has 1 N–H and O–H groups in total. The fourth-order valence-corrected chi connectivity index (χ4v) is 6.16. The van der Waals surface area contributed by atoms with Gasteiger partial charge in [-0.1, -0.05) is 30.3 Å². The number of carboxylic acids is 1. The molecule has 0 radical (unpaired) electrons. The van der Waals surface area contributed by atoms with E-state index in [1.54, 1.807) is 24.3 Å². The average molecular weight is 554 g/mol. The second kappa shape index (κ2) is 12.4. The van der Waals surface area contributed by atoms with Crippen molar-refractivity contribution in [3.8, 4) is 0 Å². The Labute approximate surface area is 228 Å². The van der Waals surface area contributed by atoms with Gasteiger partial charge < -0.3 is 14.9 Å². The number of rotatable bonds is 11. The number of carbonyl (C=O) groups is 2. The molecule has 4 rings (SSSR count). The highest BCUT2D eigenvalue weighted by molar-refractivity contribution is 7.92. The van der Waals surface area contributed by atoms with Crippen LogP contribution in [0.1, 0.15) is 28.8 Å². The lowest BCUT2D eigenvalue weighted by molar-refractivity contribution is -0.141. The Morgan fingerprint density at radius 3 is 2.15 bits per heavy atom. The van der Waals surface area contributed by atoms with Crippen molar-refractivity contribution in [2.75, 3.05) is 37.5 Å². The van der Waals surface area contributed by atoms with Gasteiger partial charge in [0.25, 0.3) is 15.9 Å². The van der Waals surface area contributed by atoms with Gasteiger partial charge in [0.05, 0.1) is 10.6 Å². The van der Waals surface area contributed by atoms with Crippen molar-refractivity contribution in [2.45, 2.75) is 30.2 Å². The van der Waals surface area contributed by atoms with Crippen LogP contribution in [0.2, 0.25) is 0 Å². The second-order valence-electron chi connectivity index (χ2n) is 9.59. The van der Waals surface area contributed by atoms with E-state index in [0.29, 0.717) is 12.2 Å². The summed E-state index contributed by atoms with van der Waals surface area (Å²) >= 11 is 0. The number of anilines is 1. The third-order valence-corrected chi connectivity index (χ3v) is 8.81. The van der Waals surface area contributed by atoms with Crippen LogP contribution >= 0.6 is 0 Å². The van der Waals surface area contributed by atoms with Gasteiger partial charge in [0.15, 0.2) is 0 Å². The summed E-state index contributed by atoms with van der Waals surface area (Å²) in [5.41, 5.74) is 1.38. The number of amides is 1. The van der Waals surface area contributed by atoms with Gasteiger partial charge in [-0.2, -0.15) is 0 Å². The minimum Gasteiger partial charge on any atom is -0.480 e. The van der Waals surface area contributed by atoms with E-state index in [1.165, 1.54) is 40.5 Å². The summed E-state index contributed by atoms with van der Waals surface area (Å²) in [6, 6.07) is 18.8. The Kier molecular flexibility index (Phi) is 8.98. The Hall–Kier alpha value is -3.76. The number of nitrogens with zero attached hydrogens (tertiary/aromatic N) is 3. The zero-order valence-corrected chi connectivity index (χ0v) is 22.6. The van der Waals surface area contributed by atoms with Crippen molar-refractivity contribution >= 4 is 27.6 Å². The summed E-state index contributed by atoms with van der Waals surface area (Å²) in [6.07, 6.45) is 2.28. The van der Waals surface area contributed by atoms with E-state index >= 15 is 0 Å². The fraction of sp³-hybridized carbons (Fsp3) is 0.310. The molecule has 39 heavy (non-hydrogen) atoms. The Morgan fingerprint density at radius 1 is 0.949 bits per heavy atom. The number of aliphatic carboxylic acids is 1. The van der Waals surface area contributed by atoms with Gasteiger partial charge in [-0.3, -0.25) is 9.10 Å². The number of sulfonamides is 1. The highest BCUT2D eigenvalue weighted by atomic mass is 32.2. The Bertz CT molecular complexity index is 1380. The van der Waals surface area contributed by atoms with Crippen molar-refractivity contribution in [1.82, 2.24) is 9.80 Å². The van der Waals surface area contributed by atoms with Crippen LogP contribution in [-0.2, 0) is 21.2 Å². The molecule has 0 spiro atoms. The van der Waals surface area contributed by atoms with Crippen molar-refractivity contribution in [3.63, 3.8) is 0 Å². The first kappa shape index (κ1) is 28.3. The van der Waals surface area contributed by atoms with Crippen molar-refractivity contribution in [3.05, 3.63) is 95.8 Å². The van der Waals surface area contributed by atoms with Crippen LogP contribution in [-0.4, -0.2) is 74.5 Å². The largest absolute Gasteiger partial charge is 0.480 e. The summed E-state index contributed by atoms with van der Waals surface area (Å²) in [6.45, 7) is 2.52. The summed E-state index contributed by atoms with van der Waals surface area (Å²) in [5.74, 6) is -2.14. The highest BCUT2D eigenvalue weighted by Crippen LogP contribution is 2.25. The molecule has 1 fully saturated rings. The molecule has 0 saturated carbocycles. The molecule has 206 valence electrons. The molecular weight excluding hydrogens is 521 g/mol. The molecule has 3 aromatic carbocycles. The second-order valence-corrected chi connectivity index (χ2v) is 11.4. The first-order chi connectivity index (χ1) is 18.7. The van der Waals surface area contributed by atoms with E-state index in [-0.39, 0.29) is 23.4 Å². The molecule has 0 aliphatic carbocycles.